The first-order valence-corrected chi connectivity index (χ1v) is 9.08. The number of terminal acetylenes is 1. The number of para-hydroxylation sites is 1. The van der Waals surface area contributed by atoms with Crippen molar-refractivity contribution in [3.8, 4) is 23.8 Å². The summed E-state index contributed by atoms with van der Waals surface area (Å²) in [6.07, 6.45) is 6.84. The minimum atomic E-state index is -0.311. The number of nitrogens with zero attached hydrogens (tertiary/aromatic N) is 1. The molecule has 0 aromatic heterocycles. The van der Waals surface area contributed by atoms with Crippen LogP contribution in [0.4, 0.5) is 4.79 Å². The first-order chi connectivity index (χ1) is 13.2. The molecule has 2 aromatic carbocycles. The topological polar surface area (TPSA) is 55.8 Å². The van der Waals surface area contributed by atoms with Gasteiger partial charge in [0.1, 0.15) is 24.7 Å². The molecule has 136 valence electrons. The third kappa shape index (κ3) is 4.93. The van der Waals surface area contributed by atoms with Gasteiger partial charge in [-0.25, -0.2) is 0 Å². The van der Waals surface area contributed by atoms with Crippen LogP contribution < -0.4 is 9.47 Å². The first kappa shape index (κ1) is 18.6. The molecule has 1 heterocycles. The predicted octanol–water partition coefficient (Wildman–Crippen LogP) is 3.81. The summed E-state index contributed by atoms with van der Waals surface area (Å²) >= 11 is 0.926. The van der Waals surface area contributed by atoms with Gasteiger partial charge in [-0.15, -0.1) is 6.42 Å². The Bertz CT molecular complexity index is 885. The fraction of sp³-hybridized carbons (Fsp3) is 0.143. The number of carbonyl (C=O) groups excluding carboxylic acids is 2. The Kier molecular flexibility index (Phi) is 6.18. The summed E-state index contributed by atoms with van der Waals surface area (Å²) in [6.45, 7) is 0.648. The van der Waals surface area contributed by atoms with Crippen molar-refractivity contribution in [3.05, 3.63) is 65.1 Å². The minimum Gasteiger partial charge on any atom is -0.492 e. The van der Waals surface area contributed by atoms with Crippen LogP contribution in [0.3, 0.4) is 0 Å². The van der Waals surface area contributed by atoms with Gasteiger partial charge in [0.25, 0.3) is 11.1 Å². The second-order valence-electron chi connectivity index (χ2n) is 5.56. The van der Waals surface area contributed by atoms with Crippen LogP contribution >= 0.6 is 11.8 Å². The standard InChI is InChI=1S/C21H17NO4S/c1-2-13-25-18-10-8-16(9-11-18)15-19-20(23)22(21(24)27-19)12-14-26-17-6-4-3-5-7-17/h1,3-11,15H,12-14H2/b19-15-. The monoisotopic (exact) mass is 379 g/mol. The van der Waals surface area contributed by atoms with E-state index in [4.69, 9.17) is 15.9 Å². The molecule has 0 radical (unpaired) electrons. The quantitative estimate of drug-likeness (QED) is 0.541. The van der Waals surface area contributed by atoms with E-state index in [0.29, 0.717) is 16.4 Å². The molecule has 1 aliphatic rings. The minimum absolute atomic E-state index is 0.198. The third-order valence-electron chi connectivity index (χ3n) is 3.70. The van der Waals surface area contributed by atoms with Crippen LogP contribution in [-0.2, 0) is 4.79 Å². The molecule has 27 heavy (non-hydrogen) atoms. The molecule has 1 saturated heterocycles. The zero-order valence-corrected chi connectivity index (χ0v) is 15.3. The molecule has 1 fully saturated rings. The maximum atomic E-state index is 12.5. The molecule has 0 aliphatic carbocycles. The van der Waals surface area contributed by atoms with Crippen molar-refractivity contribution in [2.75, 3.05) is 19.8 Å². The number of thioether (sulfide) groups is 1. The van der Waals surface area contributed by atoms with Gasteiger partial charge in [0.2, 0.25) is 0 Å². The van der Waals surface area contributed by atoms with E-state index in [0.717, 1.165) is 17.3 Å². The third-order valence-corrected chi connectivity index (χ3v) is 4.61. The SMILES string of the molecule is C#CCOc1ccc(/C=C2\SC(=O)N(CCOc3ccccc3)C2=O)cc1. The van der Waals surface area contributed by atoms with Gasteiger partial charge in [0.15, 0.2) is 0 Å². The van der Waals surface area contributed by atoms with Gasteiger partial charge < -0.3 is 9.47 Å². The Hall–Kier alpha value is -3.17. The van der Waals surface area contributed by atoms with Crippen molar-refractivity contribution >= 4 is 29.0 Å². The van der Waals surface area contributed by atoms with Crippen LogP contribution in [0.2, 0.25) is 0 Å². The second-order valence-corrected chi connectivity index (χ2v) is 6.55. The van der Waals surface area contributed by atoms with Crippen molar-refractivity contribution in [2.45, 2.75) is 0 Å². The Balaban J connectivity index is 1.59. The molecular weight excluding hydrogens is 362 g/mol. The zero-order chi connectivity index (χ0) is 19.1. The normalized spacial score (nSPS) is 15.1. The number of rotatable bonds is 7. The molecule has 0 spiro atoms. The number of hydrogen-bond acceptors (Lipinski definition) is 5. The Labute approximate surface area is 162 Å². The van der Waals surface area contributed by atoms with E-state index >= 15 is 0 Å². The van der Waals surface area contributed by atoms with E-state index in [1.165, 1.54) is 4.90 Å². The lowest BCUT2D eigenvalue weighted by molar-refractivity contribution is -0.123. The highest BCUT2D eigenvalue weighted by atomic mass is 32.2. The number of hydrogen-bond donors (Lipinski definition) is 0. The highest BCUT2D eigenvalue weighted by Crippen LogP contribution is 2.32. The van der Waals surface area contributed by atoms with E-state index in [9.17, 15) is 9.59 Å². The van der Waals surface area contributed by atoms with Gasteiger partial charge in [0, 0.05) is 0 Å². The first-order valence-electron chi connectivity index (χ1n) is 8.27. The summed E-state index contributed by atoms with van der Waals surface area (Å²) < 4.78 is 10.9. The Morgan fingerprint density at radius 1 is 1.00 bits per heavy atom. The molecule has 2 aromatic rings. The summed E-state index contributed by atoms with van der Waals surface area (Å²) in [5, 5.41) is -0.295. The Morgan fingerprint density at radius 3 is 2.41 bits per heavy atom. The molecule has 0 N–H and O–H groups in total. The van der Waals surface area contributed by atoms with Gasteiger partial charge in [-0.2, -0.15) is 0 Å². The van der Waals surface area contributed by atoms with Crippen LogP contribution in [0, 0.1) is 12.3 Å². The van der Waals surface area contributed by atoms with E-state index in [1.807, 2.05) is 30.3 Å². The summed E-state index contributed by atoms with van der Waals surface area (Å²) in [5.74, 6) is 3.44. The van der Waals surface area contributed by atoms with E-state index < -0.39 is 0 Å². The molecule has 0 bridgehead atoms. The second kappa shape index (κ2) is 8.97. The van der Waals surface area contributed by atoms with E-state index in [1.54, 1.807) is 30.3 Å². The maximum absolute atomic E-state index is 12.5. The van der Waals surface area contributed by atoms with Crippen LogP contribution in [0.25, 0.3) is 6.08 Å². The summed E-state index contributed by atoms with van der Waals surface area (Å²) in [6, 6.07) is 16.4. The number of imide groups is 1. The maximum Gasteiger partial charge on any atom is 0.293 e. The molecule has 5 nitrogen and oxygen atoms in total. The summed E-state index contributed by atoms with van der Waals surface area (Å²) in [5.41, 5.74) is 0.800. The van der Waals surface area contributed by atoms with Gasteiger partial charge in [-0.1, -0.05) is 36.3 Å². The van der Waals surface area contributed by atoms with Crippen molar-refractivity contribution < 1.29 is 19.1 Å². The molecule has 3 rings (SSSR count). The van der Waals surface area contributed by atoms with Crippen LogP contribution in [0.1, 0.15) is 5.56 Å². The largest absolute Gasteiger partial charge is 0.492 e. The fourth-order valence-corrected chi connectivity index (χ4v) is 3.27. The number of carbonyl (C=O) groups is 2. The number of ether oxygens (including phenoxy) is 2. The molecular formula is C21H17NO4S. The lowest BCUT2D eigenvalue weighted by atomic mass is 10.2. The molecule has 2 amide bonds. The van der Waals surface area contributed by atoms with E-state index in [2.05, 4.69) is 5.92 Å². The lowest BCUT2D eigenvalue weighted by Gasteiger charge is -2.13. The van der Waals surface area contributed by atoms with Gasteiger partial charge in [-0.05, 0) is 47.7 Å². The van der Waals surface area contributed by atoms with Gasteiger partial charge in [-0.3, -0.25) is 14.5 Å². The molecule has 1 aliphatic heterocycles. The van der Waals surface area contributed by atoms with Crippen molar-refractivity contribution in [2.24, 2.45) is 0 Å². The van der Waals surface area contributed by atoms with E-state index in [-0.39, 0.29) is 30.9 Å². The highest BCUT2D eigenvalue weighted by molar-refractivity contribution is 8.18. The fourth-order valence-electron chi connectivity index (χ4n) is 2.40. The van der Waals surface area contributed by atoms with Crippen molar-refractivity contribution in [1.82, 2.24) is 4.90 Å². The molecule has 0 atom stereocenters. The van der Waals surface area contributed by atoms with Crippen LogP contribution in [0.5, 0.6) is 11.5 Å². The average molecular weight is 379 g/mol. The average Bonchev–Trinajstić information content (AvgIpc) is 2.95. The molecule has 6 heteroatoms. The molecule has 0 saturated carbocycles. The van der Waals surface area contributed by atoms with Gasteiger partial charge >= 0.3 is 0 Å². The Morgan fingerprint density at radius 2 is 1.70 bits per heavy atom. The van der Waals surface area contributed by atoms with Crippen LogP contribution in [0.15, 0.2) is 59.5 Å². The smallest absolute Gasteiger partial charge is 0.293 e. The predicted molar refractivity (Wildman–Crippen MR) is 105 cm³/mol. The lowest BCUT2D eigenvalue weighted by Crippen LogP contribution is -2.32. The number of amides is 2. The summed E-state index contributed by atoms with van der Waals surface area (Å²) in [7, 11) is 0. The van der Waals surface area contributed by atoms with Crippen molar-refractivity contribution in [3.63, 3.8) is 0 Å². The molecule has 0 unspecified atom stereocenters. The van der Waals surface area contributed by atoms with Gasteiger partial charge in [0.05, 0.1) is 11.4 Å². The van der Waals surface area contributed by atoms with Crippen LogP contribution in [-0.4, -0.2) is 35.8 Å². The van der Waals surface area contributed by atoms with Crippen molar-refractivity contribution in [1.29, 1.82) is 0 Å². The number of benzene rings is 2. The zero-order valence-electron chi connectivity index (χ0n) is 14.5. The highest BCUT2D eigenvalue weighted by Gasteiger charge is 2.34. The summed E-state index contributed by atoms with van der Waals surface area (Å²) in [4.78, 5) is 26.2.